The number of hydrazine groups is 1. The zero-order valence-electron chi connectivity index (χ0n) is 14.0. The Kier molecular flexibility index (Phi) is 5.99. The van der Waals surface area contributed by atoms with E-state index in [9.17, 15) is 4.79 Å². The molecule has 1 aliphatic heterocycles. The first-order valence-corrected chi connectivity index (χ1v) is 7.96. The maximum Gasteiger partial charge on any atom is 0.223 e. The van der Waals surface area contributed by atoms with Crippen molar-refractivity contribution in [2.45, 2.75) is 45.3 Å². The molecule has 1 aromatic rings. The van der Waals surface area contributed by atoms with E-state index in [1.807, 2.05) is 0 Å². The van der Waals surface area contributed by atoms with Crippen molar-refractivity contribution in [2.75, 3.05) is 20.7 Å². The summed E-state index contributed by atoms with van der Waals surface area (Å²) < 4.78 is 4.98. The second-order valence-electron chi connectivity index (χ2n) is 6.30. The van der Waals surface area contributed by atoms with Crippen molar-refractivity contribution < 1.29 is 4.74 Å². The number of hydrogen-bond acceptors (Lipinski definition) is 5. The highest BCUT2D eigenvalue weighted by Crippen LogP contribution is 2.20. The van der Waals surface area contributed by atoms with Crippen LogP contribution in [0.4, 0.5) is 0 Å². The van der Waals surface area contributed by atoms with E-state index in [-0.39, 0.29) is 5.43 Å². The summed E-state index contributed by atoms with van der Waals surface area (Å²) >= 11 is 0. The number of rotatable bonds is 7. The molecule has 0 spiro atoms. The van der Waals surface area contributed by atoms with E-state index < -0.39 is 0 Å². The molecule has 1 aliphatic rings. The Morgan fingerprint density at radius 1 is 1.27 bits per heavy atom. The van der Waals surface area contributed by atoms with E-state index in [0.717, 1.165) is 25.2 Å². The van der Waals surface area contributed by atoms with Crippen LogP contribution in [0, 0.1) is 5.92 Å². The van der Waals surface area contributed by atoms with Gasteiger partial charge in [-0.1, -0.05) is 0 Å². The Hall–Kier alpha value is -1.37. The summed E-state index contributed by atoms with van der Waals surface area (Å²) in [7, 11) is 3.59. The molecule has 6 heteroatoms. The van der Waals surface area contributed by atoms with Gasteiger partial charge in [-0.15, -0.1) is 0 Å². The van der Waals surface area contributed by atoms with Crippen LogP contribution in [0.1, 0.15) is 32.4 Å². The molecular weight excluding hydrogens is 280 g/mol. The van der Waals surface area contributed by atoms with Crippen LogP contribution in [-0.2, 0) is 6.54 Å². The third kappa shape index (κ3) is 4.32. The van der Waals surface area contributed by atoms with Crippen LogP contribution < -0.4 is 21.0 Å². The first-order valence-electron chi connectivity index (χ1n) is 7.96. The molecule has 0 aromatic carbocycles. The molecule has 2 unspecified atom stereocenters. The number of hydrogen-bond donors (Lipinski definition) is 3. The molecule has 0 bridgehead atoms. The Labute approximate surface area is 132 Å². The highest BCUT2D eigenvalue weighted by Gasteiger charge is 2.28. The molecular formula is C16H28N4O2. The van der Waals surface area contributed by atoms with Gasteiger partial charge in [0.25, 0.3) is 0 Å². The second-order valence-corrected chi connectivity index (χ2v) is 6.30. The molecule has 3 N–H and O–H groups in total. The molecule has 6 nitrogen and oxygen atoms in total. The first kappa shape index (κ1) is 17.0. The van der Waals surface area contributed by atoms with E-state index in [2.05, 4.69) is 41.6 Å². The Bertz CT molecular complexity index is 521. The lowest BCUT2D eigenvalue weighted by Crippen LogP contribution is -2.30. The van der Waals surface area contributed by atoms with Gasteiger partial charge in [-0.25, -0.2) is 0 Å². The summed E-state index contributed by atoms with van der Waals surface area (Å²) in [5.74, 6) is 1.03. The van der Waals surface area contributed by atoms with Gasteiger partial charge in [0.1, 0.15) is 0 Å². The summed E-state index contributed by atoms with van der Waals surface area (Å²) in [5.41, 5.74) is 7.44. The molecule has 124 valence electrons. The lowest BCUT2D eigenvalue weighted by Gasteiger charge is -2.21. The second kappa shape index (κ2) is 7.76. The van der Waals surface area contributed by atoms with Gasteiger partial charge < -0.3 is 14.6 Å². The molecule has 1 aromatic heterocycles. The van der Waals surface area contributed by atoms with Crippen LogP contribution in [0.25, 0.3) is 0 Å². The molecule has 0 amide bonds. The van der Waals surface area contributed by atoms with Crippen molar-refractivity contribution in [3.63, 3.8) is 0 Å². The van der Waals surface area contributed by atoms with E-state index in [1.54, 1.807) is 12.3 Å². The minimum absolute atomic E-state index is 0.0737. The Balaban J connectivity index is 1.77. The molecule has 0 saturated carbocycles. The van der Waals surface area contributed by atoms with E-state index >= 15 is 0 Å². The van der Waals surface area contributed by atoms with Gasteiger partial charge in [-0.3, -0.25) is 15.6 Å². The number of methoxy groups -OCH3 is 1. The van der Waals surface area contributed by atoms with Crippen molar-refractivity contribution in [3.8, 4) is 5.75 Å². The van der Waals surface area contributed by atoms with Gasteiger partial charge in [-0.05, 0) is 46.2 Å². The van der Waals surface area contributed by atoms with Crippen LogP contribution in [0.2, 0.25) is 0 Å². The average Bonchev–Trinajstić information content (AvgIpc) is 2.79. The number of H-pyrrole nitrogens is 1. The maximum absolute atomic E-state index is 11.7. The number of pyridine rings is 1. The fourth-order valence-electron chi connectivity index (χ4n) is 3.13. The highest BCUT2D eigenvalue weighted by atomic mass is 16.5. The zero-order chi connectivity index (χ0) is 16.1. The third-order valence-electron chi connectivity index (χ3n) is 4.50. The van der Waals surface area contributed by atoms with Crippen molar-refractivity contribution in [2.24, 2.45) is 5.92 Å². The lowest BCUT2D eigenvalue weighted by molar-refractivity contribution is 0.293. The number of nitrogens with one attached hydrogen (secondary N) is 3. The van der Waals surface area contributed by atoms with Crippen molar-refractivity contribution >= 4 is 0 Å². The minimum atomic E-state index is -0.0737. The van der Waals surface area contributed by atoms with Crippen LogP contribution in [-0.4, -0.2) is 42.7 Å². The van der Waals surface area contributed by atoms with Crippen LogP contribution >= 0.6 is 0 Å². The van der Waals surface area contributed by atoms with Crippen molar-refractivity contribution in [3.05, 3.63) is 28.2 Å². The van der Waals surface area contributed by atoms with Crippen LogP contribution in [0.5, 0.6) is 5.75 Å². The Morgan fingerprint density at radius 2 is 1.95 bits per heavy atom. The molecule has 1 saturated heterocycles. The third-order valence-corrected chi connectivity index (χ3v) is 4.50. The lowest BCUT2D eigenvalue weighted by atomic mass is 9.91. The number of nitrogens with zero attached hydrogens (tertiary/aromatic N) is 1. The summed E-state index contributed by atoms with van der Waals surface area (Å²) in [5, 5.41) is 0. The molecule has 2 heterocycles. The summed E-state index contributed by atoms with van der Waals surface area (Å²) in [6.07, 6.45) is 3.98. The van der Waals surface area contributed by atoms with E-state index in [0.29, 0.717) is 23.8 Å². The molecule has 0 aliphatic carbocycles. The van der Waals surface area contributed by atoms with Gasteiger partial charge in [0.05, 0.1) is 7.11 Å². The first-order chi connectivity index (χ1) is 10.5. The van der Waals surface area contributed by atoms with Gasteiger partial charge in [0.2, 0.25) is 5.43 Å². The molecule has 22 heavy (non-hydrogen) atoms. The van der Waals surface area contributed by atoms with Gasteiger partial charge in [0, 0.05) is 36.6 Å². The number of aromatic amines is 1. The predicted molar refractivity (Wildman–Crippen MR) is 87.9 cm³/mol. The standard InChI is InChI=1S/C16H28N4O2/c1-11-14(12(2)19-18-11)6-5-7-20(3)10-13-8-15(21)16(22-4)9-17-13/h8-9,11-12,14,18-19H,5-7,10H2,1-4H3,(H,17,21). The van der Waals surface area contributed by atoms with Gasteiger partial charge in [-0.2, -0.15) is 0 Å². The molecule has 2 rings (SSSR count). The van der Waals surface area contributed by atoms with Gasteiger partial charge in [0.15, 0.2) is 5.75 Å². The van der Waals surface area contributed by atoms with Crippen LogP contribution in [0.15, 0.2) is 17.1 Å². The molecule has 2 atom stereocenters. The smallest absolute Gasteiger partial charge is 0.223 e. The number of ether oxygens (including phenoxy) is 1. The maximum atomic E-state index is 11.7. The predicted octanol–water partition coefficient (Wildman–Crippen LogP) is 1.10. The fraction of sp³-hybridized carbons (Fsp3) is 0.688. The average molecular weight is 308 g/mol. The highest BCUT2D eigenvalue weighted by molar-refractivity contribution is 5.20. The summed E-state index contributed by atoms with van der Waals surface area (Å²) in [6.45, 7) is 6.22. The normalized spacial score (nSPS) is 24.9. The SMILES string of the molecule is COc1c[nH]c(CN(C)CCCC2C(C)NNC2C)cc1=O. The largest absolute Gasteiger partial charge is 0.491 e. The topological polar surface area (TPSA) is 69.4 Å². The summed E-state index contributed by atoms with van der Waals surface area (Å²) in [4.78, 5) is 17.1. The quantitative estimate of drug-likeness (QED) is 0.704. The Morgan fingerprint density at radius 3 is 2.55 bits per heavy atom. The zero-order valence-corrected chi connectivity index (χ0v) is 14.0. The van der Waals surface area contributed by atoms with E-state index in [1.165, 1.54) is 13.5 Å². The van der Waals surface area contributed by atoms with E-state index in [4.69, 9.17) is 4.74 Å². The number of aromatic nitrogens is 1. The van der Waals surface area contributed by atoms with Gasteiger partial charge >= 0.3 is 0 Å². The van der Waals surface area contributed by atoms with Crippen LogP contribution in [0.3, 0.4) is 0 Å². The molecule has 1 fully saturated rings. The van der Waals surface area contributed by atoms with Crippen molar-refractivity contribution in [1.82, 2.24) is 20.7 Å². The minimum Gasteiger partial charge on any atom is -0.491 e. The fourth-order valence-corrected chi connectivity index (χ4v) is 3.13. The van der Waals surface area contributed by atoms with Crippen molar-refractivity contribution in [1.29, 1.82) is 0 Å². The molecule has 0 radical (unpaired) electrons. The monoisotopic (exact) mass is 308 g/mol. The summed E-state index contributed by atoms with van der Waals surface area (Å²) in [6, 6.07) is 2.67.